The zero-order valence-corrected chi connectivity index (χ0v) is 27.2. The molecule has 2 aliphatic heterocycles. The van der Waals surface area contributed by atoms with E-state index in [9.17, 15) is 0 Å². The number of hydrogen-bond acceptors (Lipinski definition) is 11. The monoisotopic (exact) mass is 638 g/mol. The van der Waals surface area contributed by atoms with Crippen LogP contribution in [0.15, 0.2) is 53.7 Å². The van der Waals surface area contributed by atoms with Crippen molar-refractivity contribution in [2.75, 3.05) is 70.6 Å². The maximum atomic E-state index is 8.93. The number of hydrazine groups is 1. The predicted molar refractivity (Wildman–Crippen MR) is 177 cm³/mol. The second-order valence-corrected chi connectivity index (χ2v) is 12.1. The van der Waals surface area contributed by atoms with E-state index < -0.39 is 6.29 Å². The van der Waals surface area contributed by atoms with Gasteiger partial charge in [-0.2, -0.15) is 0 Å². The smallest absolute Gasteiger partial charge is 0.241 e. The van der Waals surface area contributed by atoms with E-state index >= 15 is 0 Å². The largest absolute Gasteiger partial charge is 0.455 e. The van der Waals surface area contributed by atoms with E-state index in [1.165, 1.54) is 4.88 Å². The lowest BCUT2D eigenvalue weighted by Crippen LogP contribution is -2.49. The molecule has 1 unspecified atom stereocenters. The van der Waals surface area contributed by atoms with Crippen molar-refractivity contribution in [1.29, 1.82) is 0 Å². The summed E-state index contributed by atoms with van der Waals surface area (Å²) in [7, 11) is 0. The number of oxime groups is 1. The summed E-state index contributed by atoms with van der Waals surface area (Å²) in [6.45, 7) is 12.9. The molecular formula is C33H46N6O5S. The van der Waals surface area contributed by atoms with Crippen molar-refractivity contribution in [3.05, 3.63) is 59.0 Å². The quantitative estimate of drug-likeness (QED) is 0.0788. The van der Waals surface area contributed by atoms with Gasteiger partial charge in [-0.05, 0) is 61.4 Å². The number of unbranched alkanes of at least 4 members (excludes halogenated alkanes) is 1. The molecule has 0 amide bonds. The van der Waals surface area contributed by atoms with Gasteiger partial charge in [-0.1, -0.05) is 25.4 Å². The molecule has 2 saturated heterocycles. The molecule has 12 heteroatoms. The third kappa shape index (κ3) is 9.08. The van der Waals surface area contributed by atoms with Crippen molar-refractivity contribution in [3.63, 3.8) is 0 Å². The third-order valence-corrected chi connectivity index (χ3v) is 9.21. The van der Waals surface area contributed by atoms with Crippen LogP contribution in [0.25, 0.3) is 11.3 Å². The van der Waals surface area contributed by atoms with Crippen molar-refractivity contribution in [1.82, 2.24) is 15.0 Å². The van der Waals surface area contributed by atoms with E-state index in [0.29, 0.717) is 11.3 Å². The Kier molecular flexibility index (Phi) is 12.3. The van der Waals surface area contributed by atoms with Crippen LogP contribution in [0.1, 0.15) is 43.6 Å². The van der Waals surface area contributed by atoms with Gasteiger partial charge >= 0.3 is 0 Å². The Balaban J connectivity index is 1.30. The van der Waals surface area contributed by atoms with Crippen molar-refractivity contribution in [2.45, 2.75) is 45.8 Å². The van der Waals surface area contributed by atoms with Gasteiger partial charge in [0.25, 0.3) is 0 Å². The summed E-state index contributed by atoms with van der Waals surface area (Å²) in [6.07, 6.45) is 3.22. The summed E-state index contributed by atoms with van der Waals surface area (Å²) in [4.78, 5) is 8.80. The average Bonchev–Trinajstić information content (AvgIpc) is 3.53. The van der Waals surface area contributed by atoms with E-state index in [0.717, 1.165) is 114 Å². The number of aromatic nitrogens is 1. The first-order chi connectivity index (χ1) is 22.1. The molecule has 0 bridgehead atoms. The van der Waals surface area contributed by atoms with Gasteiger partial charge in [-0.3, -0.25) is 0 Å². The highest BCUT2D eigenvalue weighted by molar-refractivity contribution is 7.16. The molecule has 11 nitrogen and oxygen atoms in total. The fraction of sp³-hybridized carbons (Fsp3) is 0.515. The maximum absolute atomic E-state index is 8.93. The zero-order valence-electron chi connectivity index (χ0n) is 26.4. The lowest BCUT2D eigenvalue weighted by molar-refractivity contribution is -0.0867. The number of hydrogen-bond donors (Lipinski definition) is 2. The molecule has 0 aliphatic carbocycles. The highest BCUT2D eigenvalue weighted by Gasteiger charge is 2.22. The number of rotatable bonds is 15. The molecule has 0 saturated carbocycles. The van der Waals surface area contributed by atoms with Crippen LogP contribution in [-0.4, -0.2) is 98.0 Å². The minimum Gasteiger partial charge on any atom is -0.455 e. The number of benzene rings is 2. The van der Waals surface area contributed by atoms with Gasteiger partial charge in [-0.25, -0.2) is 15.0 Å². The van der Waals surface area contributed by atoms with Crippen LogP contribution in [-0.2, 0) is 15.9 Å². The SMILES string of the molecule is CCCCC(Oc1ccc(C(N)=NO)cc1)Oc1ccc(-c2nc(N3CCOCC3)sc2CCN(CC)N2CCOCC2)cc1. The maximum Gasteiger partial charge on any atom is 0.241 e. The van der Waals surface area contributed by atoms with Crippen LogP contribution in [0.2, 0.25) is 0 Å². The lowest BCUT2D eigenvalue weighted by atomic mass is 10.1. The number of morpholine rings is 2. The number of thiazole rings is 1. The van der Waals surface area contributed by atoms with Crippen LogP contribution in [0.5, 0.6) is 11.5 Å². The number of nitrogens with zero attached hydrogens (tertiary/aromatic N) is 5. The van der Waals surface area contributed by atoms with Crippen molar-refractivity contribution in [3.8, 4) is 22.8 Å². The minimum atomic E-state index is -0.450. The van der Waals surface area contributed by atoms with Gasteiger partial charge in [0.1, 0.15) is 11.5 Å². The van der Waals surface area contributed by atoms with E-state index in [1.54, 1.807) is 35.6 Å². The first-order valence-electron chi connectivity index (χ1n) is 16.0. The summed E-state index contributed by atoms with van der Waals surface area (Å²) in [6, 6.07) is 15.3. The second-order valence-electron chi connectivity index (χ2n) is 11.1. The van der Waals surface area contributed by atoms with Gasteiger partial charge in [0.2, 0.25) is 6.29 Å². The molecule has 1 atom stereocenters. The normalized spacial score (nSPS) is 17.0. The molecule has 0 radical (unpaired) electrons. The molecule has 5 rings (SSSR count). The lowest BCUT2D eigenvalue weighted by Gasteiger charge is -2.36. The molecule has 2 aliphatic rings. The third-order valence-electron chi connectivity index (χ3n) is 8.03. The highest BCUT2D eigenvalue weighted by atomic mass is 32.1. The second kappa shape index (κ2) is 16.8. The van der Waals surface area contributed by atoms with Gasteiger partial charge < -0.3 is 34.8 Å². The van der Waals surface area contributed by atoms with Crippen LogP contribution < -0.4 is 20.1 Å². The Morgan fingerprint density at radius 1 is 0.978 bits per heavy atom. The summed E-state index contributed by atoms with van der Waals surface area (Å²) >= 11 is 1.80. The minimum absolute atomic E-state index is 0.0561. The van der Waals surface area contributed by atoms with Crippen molar-refractivity contribution in [2.24, 2.45) is 10.9 Å². The van der Waals surface area contributed by atoms with E-state index in [1.807, 2.05) is 12.1 Å². The zero-order chi connectivity index (χ0) is 31.4. The molecule has 3 heterocycles. The van der Waals surface area contributed by atoms with Gasteiger partial charge in [0.15, 0.2) is 11.0 Å². The summed E-state index contributed by atoms with van der Waals surface area (Å²) in [5.74, 6) is 1.45. The molecule has 244 valence electrons. The van der Waals surface area contributed by atoms with Gasteiger partial charge in [-0.15, -0.1) is 11.3 Å². The Labute approximate surface area is 270 Å². The van der Waals surface area contributed by atoms with Crippen LogP contribution in [0, 0.1) is 0 Å². The van der Waals surface area contributed by atoms with E-state index in [4.69, 9.17) is 34.9 Å². The standard InChI is InChI=1S/C33H46N6O5S/c1-3-5-6-30(44-28-13-9-26(10-14-28)32(34)36-40)43-27-11-7-25(8-12-27)31-29(45-33(35-31)37-17-21-41-22-18-37)15-16-38(4-2)39-19-23-42-24-20-39/h7-14,30,40H,3-6,15-24H2,1-2H3,(H2,34,36). The predicted octanol–water partition coefficient (Wildman–Crippen LogP) is 4.83. The number of nitrogens with two attached hydrogens (primary N) is 1. The first-order valence-corrected chi connectivity index (χ1v) is 16.8. The molecule has 2 aromatic carbocycles. The molecular weight excluding hydrogens is 592 g/mol. The topological polar surface area (TPSA) is 118 Å². The number of amidine groups is 1. The van der Waals surface area contributed by atoms with Crippen LogP contribution >= 0.6 is 11.3 Å². The first kappa shape index (κ1) is 33.0. The molecule has 45 heavy (non-hydrogen) atoms. The van der Waals surface area contributed by atoms with Crippen molar-refractivity contribution >= 4 is 22.3 Å². The Morgan fingerprint density at radius 2 is 1.60 bits per heavy atom. The average molecular weight is 639 g/mol. The molecule has 2 fully saturated rings. The van der Waals surface area contributed by atoms with Gasteiger partial charge in [0, 0.05) is 61.7 Å². The number of likely N-dealkylation sites (N-methyl/N-ethyl adjacent to an activating group) is 1. The van der Waals surface area contributed by atoms with Crippen molar-refractivity contribution < 1.29 is 24.2 Å². The molecule has 3 N–H and O–H groups in total. The van der Waals surface area contributed by atoms with E-state index in [2.05, 4.69) is 46.1 Å². The fourth-order valence-corrected chi connectivity index (χ4v) is 6.58. The highest BCUT2D eigenvalue weighted by Crippen LogP contribution is 2.35. The Hall–Kier alpha value is -3.42. The molecule has 1 aromatic heterocycles. The Bertz CT molecular complexity index is 1340. The van der Waals surface area contributed by atoms with Crippen LogP contribution in [0.4, 0.5) is 5.13 Å². The molecule has 3 aromatic rings. The number of anilines is 1. The van der Waals surface area contributed by atoms with E-state index in [-0.39, 0.29) is 5.84 Å². The summed E-state index contributed by atoms with van der Waals surface area (Å²) < 4.78 is 23.7. The number of ether oxygens (including phenoxy) is 4. The summed E-state index contributed by atoms with van der Waals surface area (Å²) in [5, 5.41) is 17.9. The van der Waals surface area contributed by atoms with Gasteiger partial charge in [0.05, 0.1) is 32.1 Å². The summed E-state index contributed by atoms with van der Waals surface area (Å²) in [5.41, 5.74) is 8.43. The Morgan fingerprint density at radius 3 is 2.20 bits per heavy atom. The molecule has 0 spiro atoms. The fourth-order valence-electron chi connectivity index (χ4n) is 5.46. The van der Waals surface area contributed by atoms with Crippen LogP contribution in [0.3, 0.4) is 0 Å².